The number of carbonyl (C=O) groups is 2. The van der Waals surface area contributed by atoms with E-state index in [0.717, 1.165) is 16.0 Å². The van der Waals surface area contributed by atoms with E-state index in [1.54, 1.807) is 29.2 Å². The molecule has 0 radical (unpaired) electrons. The molecule has 0 aliphatic heterocycles. The number of nitrogens with one attached hydrogen (secondary N) is 1. The summed E-state index contributed by atoms with van der Waals surface area (Å²) in [6, 6.07) is 22.2. The minimum atomic E-state index is -0.698. The molecule has 3 aromatic rings. The third kappa shape index (κ3) is 7.62. The van der Waals surface area contributed by atoms with Crippen molar-refractivity contribution >= 4 is 35.2 Å². The summed E-state index contributed by atoms with van der Waals surface area (Å²) in [7, 11) is 0. The number of rotatable bonds is 10. The normalized spacial score (nSPS) is 11.6. The maximum atomic E-state index is 13.4. The molecule has 33 heavy (non-hydrogen) atoms. The molecule has 0 aliphatic rings. The van der Waals surface area contributed by atoms with Crippen molar-refractivity contribution in [1.82, 2.24) is 10.2 Å². The number of hydrogen-bond donors (Lipinski definition) is 1. The zero-order chi connectivity index (χ0) is 23.6. The molecule has 0 aromatic heterocycles. The topological polar surface area (TPSA) is 49.4 Å². The maximum absolute atomic E-state index is 13.4. The average molecular weight is 485 g/mol. The molecule has 0 saturated carbocycles. The summed E-state index contributed by atoms with van der Waals surface area (Å²) in [4.78, 5) is 29.0. The molecule has 3 aromatic carbocycles. The molecular formula is C26H26ClFN2O2S. The van der Waals surface area contributed by atoms with Gasteiger partial charge in [-0.1, -0.05) is 54.1 Å². The Morgan fingerprint density at radius 1 is 0.970 bits per heavy atom. The van der Waals surface area contributed by atoms with E-state index in [2.05, 4.69) is 5.32 Å². The fourth-order valence-corrected chi connectivity index (χ4v) is 4.30. The van der Waals surface area contributed by atoms with E-state index in [1.807, 2.05) is 49.4 Å². The smallest absolute Gasteiger partial charge is 0.243 e. The van der Waals surface area contributed by atoms with E-state index in [-0.39, 0.29) is 29.9 Å². The standard InChI is InChI=1S/C26H26ClFN2O2S/c1-2-29-26(32)24(16-19-6-4-3-5-7-19)30(17-20-8-12-22(28)13-9-20)25(31)18-33-23-14-10-21(27)11-15-23/h3-15,24H,2,16-18H2,1H3,(H,29,32)/t24-/m0/s1. The molecule has 0 fully saturated rings. The number of benzene rings is 3. The predicted octanol–water partition coefficient (Wildman–Crippen LogP) is 5.35. The first-order valence-electron chi connectivity index (χ1n) is 10.7. The van der Waals surface area contributed by atoms with Crippen molar-refractivity contribution in [2.75, 3.05) is 12.3 Å². The van der Waals surface area contributed by atoms with Crippen LogP contribution in [0.3, 0.4) is 0 Å². The Morgan fingerprint density at radius 2 is 1.64 bits per heavy atom. The molecule has 4 nitrogen and oxygen atoms in total. The number of hydrogen-bond acceptors (Lipinski definition) is 3. The molecule has 0 unspecified atom stereocenters. The minimum absolute atomic E-state index is 0.160. The Labute approximate surface area is 203 Å². The molecule has 7 heteroatoms. The van der Waals surface area contributed by atoms with E-state index >= 15 is 0 Å². The third-order valence-electron chi connectivity index (χ3n) is 5.06. The molecule has 0 aliphatic carbocycles. The lowest BCUT2D eigenvalue weighted by Crippen LogP contribution is -2.51. The largest absolute Gasteiger partial charge is 0.355 e. The summed E-state index contributed by atoms with van der Waals surface area (Å²) in [6.07, 6.45) is 0.380. The molecule has 0 saturated heterocycles. The van der Waals surface area contributed by atoms with Gasteiger partial charge in [-0.3, -0.25) is 9.59 Å². The number of carbonyl (C=O) groups excluding carboxylic acids is 2. The summed E-state index contributed by atoms with van der Waals surface area (Å²) in [5, 5.41) is 3.49. The van der Waals surface area contributed by atoms with E-state index < -0.39 is 6.04 Å². The Morgan fingerprint density at radius 3 is 2.27 bits per heavy atom. The predicted molar refractivity (Wildman–Crippen MR) is 132 cm³/mol. The van der Waals surface area contributed by atoms with Crippen LogP contribution in [-0.4, -0.2) is 35.1 Å². The van der Waals surface area contributed by atoms with Crippen LogP contribution < -0.4 is 5.32 Å². The van der Waals surface area contributed by atoms with Crippen molar-refractivity contribution in [3.05, 3.63) is 101 Å². The van der Waals surface area contributed by atoms with Crippen LogP contribution in [0.25, 0.3) is 0 Å². The summed E-state index contributed by atoms with van der Waals surface area (Å²) in [5.41, 5.74) is 1.71. The van der Waals surface area contributed by atoms with Gasteiger partial charge in [-0.05, 0) is 54.4 Å². The first-order valence-corrected chi connectivity index (χ1v) is 12.1. The fraction of sp³-hybridized carbons (Fsp3) is 0.231. The van der Waals surface area contributed by atoms with Crippen LogP contribution in [-0.2, 0) is 22.6 Å². The Kier molecular flexibility index (Phi) is 9.34. The second kappa shape index (κ2) is 12.4. The summed E-state index contributed by atoms with van der Waals surface area (Å²) >= 11 is 7.34. The number of nitrogens with zero attached hydrogens (tertiary/aromatic N) is 1. The lowest BCUT2D eigenvalue weighted by Gasteiger charge is -2.31. The van der Waals surface area contributed by atoms with Crippen molar-refractivity contribution in [2.24, 2.45) is 0 Å². The van der Waals surface area contributed by atoms with Gasteiger partial charge in [0.05, 0.1) is 5.75 Å². The van der Waals surface area contributed by atoms with Gasteiger partial charge in [0, 0.05) is 29.4 Å². The highest BCUT2D eigenvalue weighted by Crippen LogP contribution is 2.23. The van der Waals surface area contributed by atoms with E-state index in [1.165, 1.54) is 23.9 Å². The van der Waals surface area contributed by atoms with Crippen LogP contribution >= 0.6 is 23.4 Å². The van der Waals surface area contributed by atoms with Gasteiger partial charge in [0.1, 0.15) is 11.9 Å². The quantitative estimate of drug-likeness (QED) is 0.395. The Bertz CT molecular complexity index is 1050. The lowest BCUT2D eigenvalue weighted by atomic mass is 10.0. The molecule has 1 atom stereocenters. The van der Waals surface area contributed by atoms with Crippen LogP contribution in [0.2, 0.25) is 5.02 Å². The van der Waals surface area contributed by atoms with Gasteiger partial charge in [-0.15, -0.1) is 11.8 Å². The molecule has 0 bridgehead atoms. The fourth-order valence-electron chi connectivity index (χ4n) is 3.39. The Balaban J connectivity index is 1.87. The van der Waals surface area contributed by atoms with Gasteiger partial charge in [0.25, 0.3) is 0 Å². The number of thioether (sulfide) groups is 1. The summed E-state index contributed by atoms with van der Waals surface area (Å²) < 4.78 is 13.4. The monoisotopic (exact) mass is 484 g/mol. The molecule has 2 amide bonds. The molecule has 172 valence electrons. The zero-order valence-corrected chi connectivity index (χ0v) is 19.9. The second-order valence-corrected chi connectivity index (χ2v) is 8.98. The Hall–Kier alpha value is -2.83. The van der Waals surface area contributed by atoms with Crippen molar-refractivity contribution < 1.29 is 14.0 Å². The first-order chi connectivity index (χ1) is 16.0. The van der Waals surface area contributed by atoms with Crippen molar-refractivity contribution in [3.8, 4) is 0 Å². The second-order valence-electron chi connectivity index (χ2n) is 7.49. The van der Waals surface area contributed by atoms with Crippen LogP contribution in [0.4, 0.5) is 4.39 Å². The molecule has 0 heterocycles. The van der Waals surface area contributed by atoms with Crippen LogP contribution in [0.15, 0.2) is 83.8 Å². The van der Waals surface area contributed by atoms with Gasteiger partial charge in [-0.2, -0.15) is 0 Å². The zero-order valence-electron chi connectivity index (χ0n) is 18.3. The van der Waals surface area contributed by atoms with Gasteiger partial charge in [-0.25, -0.2) is 4.39 Å². The van der Waals surface area contributed by atoms with Crippen LogP contribution in [0.1, 0.15) is 18.1 Å². The SMILES string of the molecule is CCNC(=O)[C@H](Cc1ccccc1)N(Cc1ccc(F)cc1)C(=O)CSc1ccc(Cl)cc1. The van der Waals surface area contributed by atoms with Crippen molar-refractivity contribution in [1.29, 1.82) is 0 Å². The van der Waals surface area contributed by atoms with E-state index in [9.17, 15) is 14.0 Å². The molecular weight excluding hydrogens is 459 g/mol. The van der Waals surface area contributed by atoms with Gasteiger partial charge in [0.2, 0.25) is 11.8 Å². The van der Waals surface area contributed by atoms with E-state index in [0.29, 0.717) is 18.0 Å². The van der Waals surface area contributed by atoms with E-state index in [4.69, 9.17) is 11.6 Å². The average Bonchev–Trinajstić information content (AvgIpc) is 2.82. The summed E-state index contributed by atoms with van der Waals surface area (Å²) in [5.74, 6) is -0.577. The summed E-state index contributed by atoms with van der Waals surface area (Å²) in [6.45, 7) is 2.51. The van der Waals surface area contributed by atoms with Gasteiger partial charge < -0.3 is 10.2 Å². The highest BCUT2D eigenvalue weighted by atomic mass is 35.5. The van der Waals surface area contributed by atoms with Gasteiger partial charge in [0.15, 0.2) is 0 Å². The van der Waals surface area contributed by atoms with Crippen LogP contribution in [0, 0.1) is 5.82 Å². The van der Waals surface area contributed by atoms with Crippen LogP contribution in [0.5, 0.6) is 0 Å². The van der Waals surface area contributed by atoms with Crippen molar-refractivity contribution in [3.63, 3.8) is 0 Å². The number of amides is 2. The number of halogens is 2. The lowest BCUT2D eigenvalue weighted by molar-refractivity contribution is -0.139. The highest BCUT2D eigenvalue weighted by molar-refractivity contribution is 8.00. The maximum Gasteiger partial charge on any atom is 0.243 e. The van der Waals surface area contributed by atoms with Gasteiger partial charge >= 0.3 is 0 Å². The van der Waals surface area contributed by atoms with Crippen molar-refractivity contribution in [2.45, 2.75) is 30.8 Å². The number of likely N-dealkylation sites (N-methyl/N-ethyl adjacent to an activating group) is 1. The molecule has 0 spiro atoms. The first kappa shape index (κ1) is 24.8. The molecule has 3 rings (SSSR count). The third-order valence-corrected chi connectivity index (χ3v) is 6.31. The highest BCUT2D eigenvalue weighted by Gasteiger charge is 2.30. The minimum Gasteiger partial charge on any atom is -0.355 e. The molecule has 1 N–H and O–H groups in total.